The van der Waals surface area contributed by atoms with Crippen molar-refractivity contribution in [3.8, 4) is 23.0 Å². The summed E-state index contributed by atoms with van der Waals surface area (Å²) in [5.41, 5.74) is 1.52. The number of para-hydroxylation sites is 3. The lowest BCUT2D eigenvalue weighted by molar-refractivity contribution is -0.117. The first-order chi connectivity index (χ1) is 14.2. The van der Waals surface area contributed by atoms with Gasteiger partial charge in [-0.2, -0.15) is 4.98 Å². The van der Waals surface area contributed by atoms with Crippen LogP contribution in [0.15, 0.2) is 53.1 Å². The third-order valence-electron chi connectivity index (χ3n) is 4.81. The standard InChI is InChI=1S/C22H23N3O4/c1-3-27-18-11-7-5-9-16(18)22-23-21(24-29-22)15-13-20(26)25(14-15)17-10-6-8-12-19(17)28-4-2/h5-12,15H,3-4,13-14H2,1-2H3. The Hall–Kier alpha value is -3.35. The molecule has 0 aliphatic carbocycles. The molecule has 2 heterocycles. The van der Waals surface area contributed by atoms with E-state index in [0.29, 0.717) is 49.4 Å². The fourth-order valence-electron chi connectivity index (χ4n) is 3.51. The van der Waals surface area contributed by atoms with Gasteiger partial charge in [-0.25, -0.2) is 0 Å². The number of anilines is 1. The van der Waals surface area contributed by atoms with Crippen molar-refractivity contribution < 1.29 is 18.8 Å². The number of benzene rings is 2. The Labute approximate surface area is 169 Å². The maximum absolute atomic E-state index is 12.7. The van der Waals surface area contributed by atoms with Crippen molar-refractivity contribution in [2.75, 3.05) is 24.7 Å². The maximum Gasteiger partial charge on any atom is 0.261 e. The van der Waals surface area contributed by atoms with Crippen LogP contribution in [0, 0.1) is 0 Å². The highest BCUT2D eigenvalue weighted by Crippen LogP contribution is 2.37. The fourth-order valence-corrected chi connectivity index (χ4v) is 3.51. The van der Waals surface area contributed by atoms with Gasteiger partial charge in [0.2, 0.25) is 5.91 Å². The molecule has 0 spiro atoms. The molecule has 150 valence electrons. The van der Waals surface area contributed by atoms with Gasteiger partial charge < -0.3 is 18.9 Å². The number of hydrogen-bond donors (Lipinski definition) is 0. The van der Waals surface area contributed by atoms with Crippen molar-refractivity contribution in [3.63, 3.8) is 0 Å². The lowest BCUT2D eigenvalue weighted by atomic mass is 10.1. The fraction of sp³-hybridized carbons (Fsp3) is 0.318. The lowest BCUT2D eigenvalue weighted by Crippen LogP contribution is -2.25. The zero-order valence-corrected chi connectivity index (χ0v) is 16.5. The summed E-state index contributed by atoms with van der Waals surface area (Å²) in [5, 5.41) is 4.15. The summed E-state index contributed by atoms with van der Waals surface area (Å²) in [6, 6.07) is 15.1. The van der Waals surface area contributed by atoms with Gasteiger partial charge in [-0.1, -0.05) is 29.4 Å². The van der Waals surface area contributed by atoms with E-state index in [1.807, 2.05) is 62.4 Å². The largest absolute Gasteiger partial charge is 0.493 e. The molecule has 2 aromatic carbocycles. The van der Waals surface area contributed by atoms with Gasteiger partial charge in [-0.15, -0.1) is 0 Å². The highest BCUT2D eigenvalue weighted by atomic mass is 16.5. The minimum absolute atomic E-state index is 0.0169. The second-order valence-corrected chi connectivity index (χ2v) is 6.69. The van der Waals surface area contributed by atoms with Gasteiger partial charge in [0.1, 0.15) is 11.5 Å². The Bertz CT molecular complexity index is 1000. The molecule has 0 N–H and O–H groups in total. The second-order valence-electron chi connectivity index (χ2n) is 6.69. The van der Waals surface area contributed by atoms with Crippen molar-refractivity contribution in [1.29, 1.82) is 0 Å². The minimum Gasteiger partial charge on any atom is -0.493 e. The molecule has 1 aliphatic heterocycles. The first-order valence-corrected chi connectivity index (χ1v) is 9.79. The van der Waals surface area contributed by atoms with Crippen molar-refractivity contribution in [2.24, 2.45) is 0 Å². The number of rotatable bonds is 7. The molecule has 1 aromatic heterocycles. The highest BCUT2D eigenvalue weighted by Gasteiger charge is 2.36. The van der Waals surface area contributed by atoms with Crippen LogP contribution >= 0.6 is 0 Å². The average molecular weight is 393 g/mol. The Kier molecular flexibility index (Phi) is 5.46. The van der Waals surface area contributed by atoms with Crippen molar-refractivity contribution in [3.05, 3.63) is 54.4 Å². The van der Waals surface area contributed by atoms with E-state index in [2.05, 4.69) is 10.1 Å². The van der Waals surface area contributed by atoms with Gasteiger partial charge in [0.15, 0.2) is 5.82 Å². The molecule has 1 saturated heterocycles. The van der Waals surface area contributed by atoms with E-state index in [-0.39, 0.29) is 11.8 Å². The van der Waals surface area contributed by atoms with Crippen LogP contribution in [-0.2, 0) is 4.79 Å². The number of hydrogen-bond acceptors (Lipinski definition) is 6. The summed E-state index contributed by atoms with van der Waals surface area (Å²) in [7, 11) is 0. The molecule has 29 heavy (non-hydrogen) atoms. The van der Waals surface area contributed by atoms with Crippen molar-refractivity contribution in [2.45, 2.75) is 26.2 Å². The normalized spacial score (nSPS) is 16.3. The number of nitrogens with zero attached hydrogens (tertiary/aromatic N) is 3. The number of ether oxygens (including phenoxy) is 2. The minimum atomic E-state index is -0.145. The van der Waals surface area contributed by atoms with Crippen LogP contribution in [0.5, 0.6) is 11.5 Å². The van der Waals surface area contributed by atoms with E-state index in [0.717, 1.165) is 11.3 Å². The van der Waals surface area contributed by atoms with E-state index in [4.69, 9.17) is 14.0 Å². The Morgan fingerprint density at radius 1 is 1.03 bits per heavy atom. The van der Waals surface area contributed by atoms with Crippen LogP contribution in [0.1, 0.15) is 32.0 Å². The summed E-state index contributed by atoms with van der Waals surface area (Å²) < 4.78 is 16.8. The smallest absolute Gasteiger partial charge is 0.261 e. The van der Waals surface area contributed by atoms with Crippen LogP contribution < -0.4 is 14.4 Å². The molecule has 0 saturated carbocycles. The quantitative estimate of drug-likeness (QED) is 0.603. The molecule has 0 bridgehead atoms. The molecule has 0 radical (unpaired) electrons. The van der Waals surface area contributed by atoms with Crippen molar-refractivity contribution in [1.82, 2.24) is 10.1 Å². The first kappa shape index (κ1) is 19.0. The monoisotopic (exact) mass is 393 g/mol. The number of carbonyl (C=O) groups is 1. The van der Waals surface area contributed by atoms with E-state index >= 15 is 0 Å². The number of carbonyl (C=O) groups excluding carboxylic acids is 1. The predicted octanol–water partition coefficient (Wildman–Crippen LogP) is 4.05. The molecular weight excluding hydrogens is 370 g/mol. The van der Waals surface area contributed by atoms with E-state index in [1.54, 1.807) is 4.90 Å². The lowest BCUT2D eigenvalue weighted by Gasteiger charge is -2.19. The zero-order valence-electron chi connectivity index (χ0n) is 16.5. The van der Waals surface area contributed by atoms with Crippen LogP contribution in [-0.4, -0.2) is 35.8 Å². The van der Waals surface area contributed by atoms with Gasteiger partial charge in [-0.3, -0.25) is 4.79 Å². The summed E-state index contributed by atoms with van der Waals surface area (Å²) in [5.74, 6) is 2.18. The summed E-state index contributed by atoms with van der Waals surface area (Å²) >= 11 is 0. The predicted molar refractivity (Wildman–Crippen MR) is 108 cm³/mol. The van der Waals surface area contributed by atoms with Crippen LogP contribution in [0.2, 0.25) is 0 Å². The molecule has 1 unspecified atom stereocenters. The molecular formula is C22H23N3O4. The van der Waals surface area contributed by atoms with Gasteiger partial charge in [-0.05, 0) is 38.1 Å². The average Bonchev–Trinajstić information content (AvgIpc) is 3.36. The molecule has 4 rings (SSSR count). The number of amides is 1. The Balaban J connectivity index is 1.57. The summed E-state index contributed by atoms with van der Waals surface area (Å²) in [6.45, 7) is 5.41. The topological polar surface area (TPSA) is 77.7 Å². The molecule has 1 amide bonds. The summed E-state index contributed by atoms with van der Waals surface area (Å²) in [4.78, 5) is 19.0. The SMILES string of the molecule is CCOc1ccccc1-c1nc(C2CC(=O)N(c3ccccc3OCC)C2)no1. The van der Waals surface area contributed by atoms with Gasteiger partial charge in [0.25, 0.3) is 5.89 Å². The Morgan fingerprint density at radius 3 is 2.52 bits per heavy atom. The van der Waals surface area contributed by atoms with E-state index in [1.165, 1.54) is 0 Å². The molecule has 1 aliphatic rings. The van der Waals surface area contributed by atoms with Gasteiger partial charge in [0.05, 0.1) is 24.5 Å². The molecule has 1 fully saturated rings. The first-order valence-electron chi connectivity index (χ1n) is 9.79. The van der Waals surface area contributed by atoms with Crippen LogP contribution in [0.3, 0.4) is 0 Å². The zero-order chi connectivity index (χ0) is 20.2. The molecule has 3 aromatic rings. The van der Waals surface area contributed by atoms with Crippen molar-refractivity contribution >= 4 is 11.6 Å². The molecule has 1 atom stereocenters. The summed E-state index contributed by atoms with van der Waals surface area (Å²) in [6.07, 6.45) is 0.326. The maximum atomic E-state index is 12.7. The van der Waals surface area contributed by atoms with Gasteiger partial charge in [0, 0.05) is 18.9 Å². The molecule has 7 nitrogen and oxygen atoms in total. The number of aromatic nitrogens is 2. The van der Waals surface area contributed by atoms with Gasteiger partial charge >= 0.3 is 0 Å². The third-order valence-corrected chi connectivity index (χ3v) is 4.81. The second kappa shape index (κ2) is 8.34. The van der Waals surface area contributed by atoms with Crippen LogP contribution in [0.25, 0.3) is 11.5 Å². The third kappa shape index (κ3) is 3.81. The van der Waals surface area contributed by atoms with E-state index < -0.39 is 0 Å². The van der Waals surface area contributed by atoms with E-state index in [9.17, 15) is 4.79 Å². The Morgan fingerprint density at radius 2 is 1.72 bits per heavy atom. The highest BCUT2D eigenvalue weighted by molar-refractivity contribution is 5.97. The van der Waals surface area contributed by atoms with Crippen LogP contribution in [0.4, 0.5) is 5.69 Å². The molecule has 7 heteroatoms.